The maximum Gasteiger partial charge on any atom is 0.333 e. The average Bonchev–Trinajstić information content (AvgIpc) is 3.50. The largest absolute Gasteiger partial charge is 0.333 e. The highest BCUT2D eigenvalue weighted by Crippen LogP contribution is 2.29. The number of halogens is 2. The van der Waals surface area contributed by atoms with Gasteiger partial charge in [0, 0.05) is 28.1 Å². The van der Waals surface area contributed by atoms with Gasteiger partial charge in [-0.25, -0.2) is 4.79 Å². The Hall–Kier alpha value is -3.56. The summed E-state index contributed by atoms with van der Waals surface area (Å²) in [4.78, 5) is 17.9. The van der Waals surface area contributed by atoms with Gasteiger partial charge in [-0.3, -0.25) is 14.1 Å². The lowest BCUT2D eigenvalue weighted by atomic mass is 10.0. The van der Waals surface area contributed by atoms with Crippen molar-refractivity contribution in [1.82, 2.24) is 34.7 Å². The molecule has 0 amide bonds. The van der Waals surface area contributed by atoms with Crippen molar-refractivity contribution in [3.05, 3.63) is 98.2 Å². The van der Waals surface area contributed by atoms with Crippen LogP contribution < -0.4 is 5.69 Å². The van der Waals surface area contributed by atoms with Gasteiger partial charge in [-0.2, -0.15) is 5.21 Å². The van der Waals surface area contributed by atoms with Gasteiger partial charge < -0.3 is 0 Å². The third kappa shape index (κ3) is 4.56. The lowest BCUT2D eigenvalue weighted by Crippen LogP contribution is -2.25. The number of aromatic amines is 1. The molecular formula is C25H21BrClN7O. The molecule has 0 saturated carbocycles. The van der Waals surface area contributed by atoms with Crippen molar-refractivity contribution in [3.63, 3.8) is 0 Å². The summed E-state index contributed by atoms with van der Waals surface area (Å²) >= 11 is 9.98. The zero-order chi connectivity index (χ0) is 24.4. The van der Waals surface area contributed by atoms with Crippen molar-refractivity contribution in [3.8, 4) is 28.3 Å². The SMILES string of the molecule is CCCc1cn(-c2c(Cl)cccc2Br)c(=O)n1Cc1ccc(-c2cccnc2-c2nn[nH]n2)cc1. The van der Waals surface area contributed by atoms with Crippen LogP contribution in [-0.4, -0.2) is 34.7 Å². The number of para-hydroxylation sites is 1. The molecule has 0 fully saturated rings. The van der Waals surface area contributed by atoms with Crippen LogP contribution in [0.5, 0.6) is 0 Å². The van der Waals surface area contributed by atoms with Crippen LogP contribution in [0.1, 0.15) is 24.6 Å². The second-order valence-electron chi connectivity index (χ2n) is 8.01. The molecule has 0 aliphatic rings. The molecule has 0 saturated heterocycles. The van der Waals surface area contributed by atoms with E-state index < -0.39 is 0 Å². The van der Waals surface area contributed by atoms with Crippen LogP contribution in [0.2, 0.25) is 5.02 Å². The standard InChI is InChI=1S/C25H21BrClN7O/c1-2-5-18-15-34(23-20(26)7-3-8-21(23)27)25(35)33(18)14-16-9-11-17(12-10-16)19-6-4-13-28-22(19)24-29-31-32-30-24/h3-4,6-13,15H,2,5,14H2,1H3,(H,29,30,31,32). The number of aryl methyl sites for hydroxylation is 1. The first-order chi connectivity index (χ1) is 17.1. The fraction of sp³-hybridized carbons (Fsp3) is 0.160. The Morgan fingerprint density at radius 3 is 2.63 bits per heavy atom. The zero-order valence-electron chi connectivity index (χ0n) is 18.8. The van der Waals surface area contributed by atoms with Gasteiger partial charge in [0.1, 0.15) is 5.69 Å². The molecular weight excluding hydrogens is 530 g/mol. The first kappa shape index (κ1) is 23.2. The van der Waals surface area contributed by atoms with Gasteiger partial charge in [-0.1, -0.05) is 61.3 Å². The summed E-state index contributed by atoms with van der Waals surface area (Å²) in [6.07, 6.45) is 5.30. The van der Waals surface area contributed by atoms with Crippen LogP contribution in [-0.2, 0) is 13.0 Å². The minimum atomic E-state index is -0.127. The first-order valence-corrected chi connectivity index (χ1v) is 12.3. The van der Waals surface area contributed by atoms with Crippen LogP contribution in [0.15, 0.2) is 76.3 Å². The van der Waals surface area contributed by atoms with Crippen molar-refractivity contribution in [1.29, 1.82) is 0 Å². The molecule has 0 radical (unpaired) electrons. The van der Waals surface area contributed by atoms with E-state index in [2.05, 4.69) is 48.5 Å². The van der Waals surface area contributed by atoms with E-state index in [1.54, 1.807) is 16.8 Å². The molecule has 5 aromatic rings. The highest BCUT2D eigenvalue weighted by Gasteiger charge is 2.17. The highest BCUT2D eigenvalue weighted by molar-refractivity contribution is 9.10. The van der Waals surface area contributed by atoms with Gasteiger partial charge in [-0.05, 0) is 56.9 Å². The van der Waals surface area contributed by atoms with Crippen LogP contribution in [0, 0.1) is 0 Å². The van der Waals surface area contributed by atoms with E-state index >= 15 is 0 Å². The molecule has 3 aromatic heterocycles. The molecule has 2 aromatic carbocycles. The number of pyridine rings is 1. The Kier molecular flexibility index (Phi) is 6.61. The summed E-state index contributed by atoms with van der Waals surface area (Å²) < 4.78 is 4.20. The summed E-state index contributed by atoms with van der Waals surface area (Å²) in [5.74, 6) is 0.438. The van der Waals surface area contributed by atoms with E-state index in [1.807, 2.05) is 59.3 Å². The van der Waals surface area contributed by atoms with E-state index in [1.165, 1.54) is 0 Å². The Morgan fingerprint density at radius 2 is 1.91 bits per heavy atom. The van der Waals surface area contributed by atoms with Gasteiger partial charge in [0.05, 0.1) is 17.3 Å². The molecule has 0 unspecified atom stereocenters. The molecule has 5 rings (SSSR count). The Bertz CT molecular complexity index is 1500. The number of hydrogen-bond donors (Lipinski definition) is 1. The van der Waals surface area contributed by atoms with Crippen LogP contribution in [0.25, 0.3) is 28.3 Å². The second kappa shape index (κ2) is 9.97. The van der Waals surface area contributed by atoms with E-state index in [4.69, 9.17) is 11.6 Å². The Balaban J connectivity index is 1.49. The summed E-state index contributed by atoms with van der Waals surface area (Å²) in [6.45, 7) is 2.55. The lowest BCUT2D eigenvalue weighted by molar-refractivity contribution is 0.691. The molecule has 8 nitrogen and oxygen atoms in total. The maximum atomic E-state index is 13.5. The predicted octanol–water partition coefficient (Wildman–Crippen LogP) is 5.30. The molecule has 35 heavy (non-hydrogen) atoms. The molecule has 176 valence electrons. The quantitative estimate of drug-likeness (QED) is 0.297. The zero-order valence-corrected chi connectivity index (χ0v) is 21.2. The first-order valence-electron chi connectivity index (χ1n) is 11.1. The fourth-order valence-corrected chi connectivity index (χ4v) is 5.02. The highest BCUT2D eigenvalue weighted by atomic mass is 79.9. The number of benzene rings is 2. The molecule has 10 heteroatoms. The third-order valence-corrected chi connectivity index (χ3v) is 6.66. The summed E-state index contributed by atoms with van der Waals surface area (Å²) in [7, 11) is 0. The monoisotopic (exact) mass is 549 g/mol. The van der Waals surface area contributed by atoms with Crippen molar-refractivity contribution < 1.29 is 0 Å². The number of nitrogens with one attached hydrogen (secondary N) is 1. The van der Waals surface area contributed by atoms with Gasteiger partial charge in [0.15, 0.2) is 0 Å². The van der Waals surface area contributed by atoms with Crippen molar-refractivity contribution >= 4 is 27.5 Å². The summed E-state index contributed by atoms with van der Waals surface area (Å²) in [5, 5.41) is 14.7. The van der Waals surface area contributed by atoms with Crippen LogP contribution in [0.3, 0.4) is 0 Å². The van der Waals surface area contributed by atoms with Crippen LogP contribution >= 0.6 is 27.5 Å². The van der Waals surface area contributed by atoms with Crippen LogP contribution in [0.4, 0.5) is 0 Å². The molecule has 0 atom stereocenters. The van der Waals surface area contributed by atoms with Crippen molar-refractivity contribution in [2.24, 2.45) is 0 Å². The van der Waals surface area contributed by atoms with E-state index in [0.29, 0.717) is 28.8 Å². The molecule has 1 N–H and O–H groups in total. The number of aromatic nitrogens is 7. The third-order valence-electron chi connectivity index (χ3n) is 5.72. The molecule has 3 heterocycles. The fourth-order valence-electron chi connectivity index (χ4n) is 4.08. The van der Waals surface area contributed by atoms with E-state index in [9.17, 15) is 4.79 Å². The topological polar surface area (TPSA) is 94.3 Å². The summed E-state index contributed by atoms with van der Waals surface area (Å²) in [5.41, 5.74) is 5.01. The predicted molar refractivity (Wildman–Crippen MR) is 139 cm³/mol. The van der Waals surface area contributed by atoms with Gasteiger partial charge in [0.25, 0.3) is 0 Å². The van der Waals surface area contributed by atoms with Gasteiger partial charge in [0.2, 0.25) is 5.82 Å². The summed E-state index contributed by atoms with van der Waals surface area (Å²) in [6, 6.07) is 17.4. The maximum absolute atomic E-state index is 13.5. The van der Waals surface area contributed by atoms with Crippen molar-refractivity contribution in [2.45, 2.75) is 26.3 Å². The minimum absolute atomic E-state index is 0.127. The number of H-pyrrole nitrogens is 1. The van der Waals surface area contributed by atoms with E-state index in [0.717, 1.165) is 39.7 Å². The Labute approximate surface area is 214 Å². The van der Waals surface area contributed by atoms with E-state index in [-0.39, 0.29) is 5.69 Å². The second-order valence-corrected chi connectivity index (χ2v) is 9.27. The van der Waals surface area contributed by atoms with Gasteiger partial charge >= 0.3 is 5.69 Å². The molecule has 0 bridgehead atoms. The number of hydrogen-bond acceptors (Lipinski definition) is 5. The number of nitrogens with zero attached hydrogens (tertiary/aromatic N) is 6. The number of tetrazole rings is 1. The molecule has 0 spiro atoms. The average molecular weight is 551 g/mol. The normalized spacial score (nSPS) is 11.2. The molecule has 0 aliphatic carbocycles. The molecule has 0 aliphatic heterocycles. The lowest BCUT2D eigenvalue weighted by Gasteiger charge is -2.09. The minimum Gasteiger partial charge on any atom is -0.292 e. The Morgan fingerprint density at radius 1 is 1.09 bits per heavy atom. The smallest absolute Gasteiger partial charge is 0.292 e. The number of rotatable bonds is 7. The van der Waals surface area contributed by atoms with Crippen molar-refractivity contribution in [2.75, 3.05) is 0 Å². The number of imidazole rings is 1. The van der Waals surface area contributed by atoms with Gasteiger partial charge in [-0.15, -0.1) is 10.2 Å².